The molecule has 1 aliphatic rings. The number of carbonyl (C=O) groups excluding carboxylic acids is 1. The van der Waals surface area contributed by atoms with Crippen LogP contribution in [0.15, 0.2) is 59.5 Å². The first-order chi connectivity index (χ1) is 12.4. The number of benzene rings is 2. The lowest BCUT2D eigenvalue weighted by atomic mass is 10.1. The van der Waals surface area contributed by atoms with E-state index in [1.54, 1.807) is 36.2 Å². The van der Waals surface area contributed by atoms with Gasteiger partial charge >= 0.3 is 0 Å². The smallest absolute Gasteiger partial charge is 0.243 e. The third-order valence-electron chi connectivity index (χ3n) is 4.76. The molecular formula is C20H24N2O3S. The molecule has 1 fully saturated rings. The van der Waals surface area contributed by atoms with Gasteiger partial charge in [-0.15, -0.1) is 0 Å². The molecule has 1 saturated heterocycles. The minimum atomic E-state index is -3.67. The van der Waals surface area contributed by atoms with Crippen LogP contribution < -0.4 is 0 Å². The lowest BCUT2D eigenvalue weighted by Crippen LogP contribution is -2.46. The Kier molecular flexibility index (Phi) is 5.44. The number of nitrogens with zero attached hydrogens (tertiary/aromatic N) is 2. The molecule has 1 heterocycles. The molecule has 6 heteroatoms. The van der Waals surface area contributed by atoms with Crippen LogP contribution in [0.25, 0.3) is 0 Å². The fourth-order valence-electron chi connectivity index (χ4n) is 3.31. The van der Waals surface area contributed by atoms with Gasteiger partial charge in [0.15, 0.2) is 0 Å². The van der Waals surface area contributed by atoms with Crippen molar-refractivity contribution in [3.8, 4) is 0 Å². The second-order valence-corrected chi connectivity index (χ2v) is 8.66. The van der Waals surface area contributed by atoms with Gasteiger partial charge < -0.3 is 4.90 Å². The van der Waals surface area contributed by atoms with E-state index in [-0.39, 0.29) is 10.8 Å². The van der Waals surface area contributed by atoms with E-state index < -0.39 is 16.1 Å². The van der Waals surface area contributed by atoms with Crippen molar-refractivity contribution >= 4 is 15.9 Å². The van der Waals surface area contributed by atoms with E-state index in [9.17, 15) is 13.2 Å². The summed E-state index contributed by atoms with van der Waals surface area (Å²) in [4.78, 5) is 14.8. The number of rotatable bonds is 5. The zero-order valence-corrected chi connectivity index (χ0v) is 15.9. The lowest BCUT2D eigenvalue weighted by Gasteiger charge is -2.27. The Morgan fingerprint density at radius 1 is 1.12 bits per heavy atom. The first kappa shape index (κ1) is 18.6. The Morgan fingerprint density at radius 2 is 1.77 bits per heavy atom. The van der Waals surface area contributed by atoms with Gasteiger partial charge in [-0.25, -0.2) is 8.42 Å². The van der Waals surface area contributed by atoms with Crippen molar-refractivity contribution in [3.05, 3.63) is 65.7 Å². The molecule has 2 aromatic rings. The Bertz CT molecular complexity index is 864. The van der Waals surface area contributed by atoms with Crippen LogP contribution in [0.3, 0.4) is 0 Å². The van der Waals surface area contributed by atoms with Crippen molar-refractivity contribution in [3.63, 3.8) is 0 Å². The molecule has 1 aliphatic heterocycles. The Labute approximate surface area is 155 Å². The number of amides is 1. The van der Waals surface area contributed by atoms with Gasteiger partial charge in [0.25, 0.3) is 0 Å². The van der Waals surface area contributed by atoms with Crippen molar-refractivity contribution in [2.24, 2.45) is 0 Å². The fourth-order valence-corrected chi connectivity index (χ4v) is 4.96. The second kappa shape index (κ2) is 7.60. The first-order valence-corrected chi connectivity index (χ1v) is 10.2. The highest BCUT2D eigenvalue weighted by atomic mass is 32.2. The van der Waals surface area contributed by atoms with E-state index in [0.29, 0.717) is 25.9 Å². The molecule has 0 aromatic heterocycles. The van der Waals surface area contributed by atoms with Crippen LogP contribution in [0.4, 0.5) is 0 Å². The Hall–Kier alpha value is -2.18. The van der Waals surface area contributed by atoms with Crippen molar-refractivity contribution in [2.75, 3.05) is 13.6 Å². The summed E-state index contributed by atoms with van der Waals surface area (Å²) in [6, 6.07) is 15.8. The van der Waals surface area contributed by atoms with Crippen LogP contribution in [0, 0.1) is 6.92 Å². The highest BCUT2D eigenvalue weighted by Gasteiger charge is 2.40. The van der Waals surface area contributed by atoms with E-state index in [2.05, 4.69) is 0 Å². The number of hydrogen-bond donors (Lipinski definition) is 0. The first-order valence-electron chi connectivity index (χ1n) is 8.77. The maximum absolute atomic E-state index is 13.0. The molecule has 0 saturated carbocycles. The standard InChI is InChI=1S/C20H24N2O3S/c1-16-10-12-18(13-11-16)26(24,25)22-14-6-9-19(22)20(23)21(2)15-17-7-4-3-5-8-17/h3-5,7-8,10-13,19H,6,9,14-15H2,1-2H3/t19-/m1/s1. The number of hydrogen-bond acceptors (Lipinski definition) is 3. The summed E-state index contributed by atoms with van der Waals surface area (Å²) in [5.41, 5.74) is 2.02. The fraction of sp³-hybridized carbons (Fsp3) is 0.350. The molecule has 3 rings (SSSR count). The summed E-state index contributed by atoms with van der Waals surface area (Å²) >= 11 is 0. The van der Waals surface area contributed by atoms with Gasteiger partial charge in [-0.3, -0.25) is 4.79 Å². The van der Waals surface area contributed by atoms with Crippen LogP contribution in [0.5, 0.6) is 0 Å². The lowest BCUT2D eigenvalue weighted by molar-refractivity contribution is -0.133. The van der Waals surface area contributed by atoms with Crippen LogP contribution in [-0.4, -0.2) is 43.2 Å². The zero-order valence-electron chi connectivity index (χ0n) is 15.1. The van der Waals surface area contributed by atoms with E-state index in [1.165, 1.54) is 4.31 Å². The van der Waals surface area contributed by atoms with Crippen LogP contribution in [-0.2, 0) is 21.4 Å². The zero-order chi connectivity index (χ0) is 18.7. The van der Waals surface area contributed by atoms with Gasteiger partial charge in [-0.1, -0.05) is 48.0 Å². The summed E-state index contributed by atoms with van der Waals surface area (Å²) < 4.78 is 27.4. The average molecular weight is 372 g/mol. The SMILES string of the molecule is Cc1ccc(S(=O)(=O)N2CCC[C@@H]2C(=O)N(C)Cc2ccccc2)cc1. The van der Waals surface area contributed by atoms with E-state index >= 15 is 0 Å². The summed E-state index contributed by atoms with van der Waals surface area (Å²) in [6.45, 7) is 2.76. The molecule has 5 nitrogen and oxygen atoms in total. The van der Waals surface area contributed by atoms with Gasteiger partial charge in [0.2, 0.25) is 15.9 Å². The molecule has 1 amide bonds. The predicted molar refractivity (Wildman–Crippen MR) is 101 cm³/mol. The normalized spacial score (nSPS) is 18.0. The topological polar surface area (TPSA) is 57.7 Å². The van der Waals surface area contributed by atoms with Crippen molar-refractivity contribution < 1.29 is 13.2 Å². The molecule has 0 bridgehead atoms. The maximum Gasteiger partial charge on any atom is 0.243 e. The van der Waals surface area contributed by atoms with Gasteiger partial charge in [-0.05, 0) is 37.5 Å². The van der Waals surface area contributed by atoms with Crippen molar-refractivity contribution in [1.82, 2.24) is 9.21 Å². The van der Waals surface area contributed by atoms with Gasteiger partial charge in [-0.2, -0.15) is 4.31 Å². The summed E-state index contributed by atoms with van der Waals surface area (Å²) in [5.74, 6) is -0.151. The highest BCUT2D eigenvalue weighted by molar-refractivity contribution is 7.89. The van der Waals surface area contributed by atoms with Gasteiger partial charge in [0.1, 0.15) is 6.04 Å². The summed E-state index contributed by atoms with van der Waals surface area (Å²) in [5, 5.41) is 0. The number of aryl methyl sites for hydroxylation is 1. The minimum absolute atomic E-state index is 0.151. The van der Waals surface area contributed by atoms with E-state index in [1.807, 2.05) is 37.3 Å². The molecule has 0 aliphatic carbocycles. The van der Waals surface area contributed by atoms with Crippen LogP contribution >= 0.6 is 0 Å². The van der Waals surface area contributed by atoms with Crippen molar-refractivity contribution in [2.45, 2.75) is 37.2 Å². The van der Waals surface area contributed by atoms with Crippen molar-refractivity contribution in [1.29, 1.82) is 0 Å². The Balaban J connectivity index is 1.78. The van der Waals surface area contributed by atoms with E-state index in [0.717, 1.165) is 11.1 Å². The number of sulfonamides is 1. The average Bonchev–Trinajstić information content (AvgIpc) is 3.13. The molecule has 0 N–H and O–H groups in total. The third-order valence-corrected chi connectivity index (χ3v) is 6.68. The third kappa shape index (κ3) is 3.81. The molecule has 138 valence electrons. The molecule has 0 radical (unpaired) electrons. The van der Waals surface area contributed by atoms with Gasteiger partial charge in [0, 0.05) is 20.1 Å². The number of likely N-dealkylation sites (N-methyl/N-ethyl adjacent to an activating group) is 1. The summed E-state index contributed by atoms with van der Waals surface area (Å²) in [7, 11) is -1.94. The number of carbonyl (C=O) groups is 1. The maximum atomic E-state index is 13.0. The quantitative estimate of drug-likeness (QED) is 0.811. The molecule has 0 unspecified atom stereocenters. The molecular weight excluding hydrogens is 348 g/mol. The van der Waals surface area contributed by atoms with Gasteiger partial charge in [0.05, 0.1) is 4.90 Å². The molecule has 2 aromatic carbocycles. The molecule has 0 spiro atoms. The monoisotopic (exact) mass is 372 g/mol. The Morgan fingerprint density at radius 3 is 2.42 bits per heavy atom. The van der Waals surface area contributed by atoms with Crippen LogP contribution in [0.1, 0.15) is 24.0 Å². The largest absolute Gasteiger partial charge is 0.340 e. The molecule has 1 atom stereocenters. The van der Waals surface area contributed by atoms with Crippen LogP contribution in [0.2, 0.25) is 0 Å². The van der Waals surface area contributed by atoms with E-state index in [4.69, 9.17) is 0 Å². The highest BCUT2D eigenvalue weighted by Crippen LogP contribution is 2.27. The second-order valence-electron chi connectivity index (χ2n) is 6.77. The summed E-state index contributed by atoms with van der Waals surface area (Å²) in [6.07, 6.45) is 1.25. The molecule has 26 heavy (non-hydrogen) atoms. The predicted octanol–water partition coefficient (Wildman–Crippen LogP) is 2.81. The minimum Gasteiger partial charge on any atom is -0.340 e.